The summed E-state index contributed by atoms with van der Waals surface area (Å²) in [5.41, 5.74) is 2.23. The van der Waals surface area contributed by atoms with Gasteiger partial charge in [-0.15, -0.1) is 0 Å². The highest BCUT2D eigenvalue weighted by Crippen LogP contribution is 2.24. The number of hydrogen-bond acceptors (Lipinski definition) is 5. The minimum atomic E-state index is 0.787. The SMILES string of the molecule is Cc1nc(Nc2ccc(C)c(Br)c2)cc(N2CCN(C)CC2)n1. The third-order valence-corrected chi connectivity index (χ3v) is 4.95. The van der Waals surface area contributed by atoms with Gasteiger partial charge in [-0.3, -0.25) is 0 Å². The predicted molar refractivity (Wildman–Crippen MR) is 98.6 cm³/mol. The first-order valence-electron chi connectivity index (χ1n) is 7.83. The van der Waals surface area contributed by atoms with Gasteiger partial charge in [-0.05, 0) is 38.6 Å². The summed E-state index contributed by atoms with van der Waals surface area (Å²) in [7, 11) is 2.16. The molecule has 6 heteroatoms. The Hall–Kier alpha value is -1.66. The molecule has 0 atom stereocenters. The van der Waals surface area contributed by atoms with E-state index in [9.17, 15) is 0 Å². The van der Waals surface area contributed by atoms with Crippen LogP contribution in [-0.4, -0.2) is 48.1 Å². The lowest BCUT2D eigenvalue weighted by molar-refractivity contribution is 0.312. The van der Waals surface area contributed by atoms with Crippen LogP contribution >= 0.6 is 15.9 Å². The molecule has 23 heavy (non-hydrogen) atoms. The van der Waals surface area contributed by atoms with Crippen molar-refractivity contribution < 1.29 is 0 Å². The Bertz CT molecular complexity index is 695. The molecule has 0 saturated carbocycles. The first-order valence-corrected chi connectivity index (χ1v) is 8.63. The highest BCUT2D eigenvalue weighted by atomic mass is 79.9. The molecule has 3 rings (SSSR count). The van der Waals surface area contributed by atoms with Gasteiger partial charge in [0.25, 0.3) is 0 Å². The topological polar surface area (TPSA) is 44.3 Å². The summed E-state index contributed by atoms with van der Waals surface area (Å²) in [6, 6.07) is 8.25. The van der Waals surface area contributed by atoms with E-state index in [1.807, 2.05) is 13.0 Å². The minimum Gasteiger partial charge on any atom is -0.354 e. The fraction of sp³-hybridized carbons (Fsp3) is 0.412. The number of nitrogens with zero attached hydrogens (tertiary/aromatic N) is 4. The monoisotopic (exact) mass is 375 g/mol. The van der Waals surface area contributed by atoms with Gasteiger partial charge in [0, 0.05) is 42.4 Å². The predicted octanol–water partition coefficient (Wildman–Crippen LogP) is 3.35. The molecule has 1 aliphatic rings. The smallest absolute Gasteiger partial charge is 0.136 e. The molecule has 0 unspecified atom stereocenters. The number of piperazine rings is 1. The van der Waals surface area contributed by atoms with E-state index >= 15 is 0 Å². The molecule has 0 aliphatic carbocycles. The quantitative estimate of drug-likeness (QED) is 0.890. The van der Waals surface area contributed by atoms with E-state index in [0.717, 1.165) is 53.8 Å². The Morgan fingerprint density at radius 3 is 2.48 bits per heavy atom. The summed E-state index contributed by atoms with van der Waals surface area (Å²) < 4.78 is 1.09. The zero-order valence-electron chi connectivity index (χ0n) is 13.8. The third kappa shape index (κ3) is 4.00. The van der Waals surface area contributed by atoms with Gasteiger partial charge in [0.05, 0.1) is 0 Å². The van der Waals surface area contributed by atoms with Gasteiger partial charge in [-0.1, -0.05) is 22.0 Å². The van der Waals surface area contributed by atoms with Gasteiger partial charge >= 0.3 is 0 Å². The van der Waals surface area contributed by atoms with Crippen LogP contribution in [0.15, 0.2) is 28.7 Å². The van der Waals surface area contributed by atoms with E-state index in [1.165, 1.54) is 5.56 Å². The summed E-state index contributed by atoms with van der Waals surface area (Å²) in [4.78, 5) is 13.8. The highest BCUT2D eigenvalue weighted by molar-refractivity contribution is 9.10. The summed E-state index contributed by atoms with van der Waals surface area (Å²) in [5, 5.41) is 3.38. The number of aromatic nitrogens is 2. The molecular weight excluding hydrogens is 354 g/mol. The number of benzene rings is 1. The Morgan fingerprint density at radius 2 is 1.78 bits per heavy atom. The molecule has 1 aromatic heterocycles. The summed E-state index contributed by atoms with van der Waals surface area (Å²) in [6.07, 6.45) is 0. The third-order valence-electron chi connectivity index (χ3n) is 4.10. The lowest BCUT2D eigenvalue weighted by Crippen LogP contribution is -2.44. The molecule has 1 fully saturated rings. The van der Waals surface area contributed by atoms with Crippen LogP contribution in [0.5, 0.6) is 0 Å². The molecule has 0 bridgehead atoms. The van der Waals surface area contributed by atoms with Crippen LogP contribution in [0.3, 0.4) is 0 Å². The van der Waals surface area contributed by atoms with Crippen molar-refractivity contribution in [1.29, 1.82) is 0 Å². The molecule has 5 nitrogen and oxygen atoms in total. The highest BCUT2D eigenvalue weighted by Gasteiger charge is 2.16. The fourth-order valence-corrected chi connectivity index (χ4v) is 3.01. The van der Waals surface area contributed by atoms with Crippen molar-refractivity contribution >= 4 is 33.3 Å². The van der Waals surface area contributed by atoms with E-state index in [-0.39, 0.29) is 0 Å². The van der Waals surface area contributed by atoms with Gasteiger partial charge in [-0.2, -0.15) is 0 Å². The number of rotatable bonds is 3. The molecule has 0 amide bonds. The molecule has 1 N–H and O–H groups in total. The maximum Gasteiger partial charge on any atom is 0.136 e. The number of halogens is 1. The van der Waals surface area contributed by atoms with Crippen LogP contribution in [0.25, 0.3) is 0 Å². The number of likely N-dealkylation sites (N-methyl/N-ethyl adjacent to an activating group) is 1. The number of nitrogens with one attached hydrogen (secondary N) is 1. The first-order chi connectivity index (χ1) is 11.0. The standard InChI is InChI=1S/C17H22BrN5/c1-12-4-5-14(10-15(12)18)21-16-11-17(20-13(2)19-16)23-8-6-22(3)7-9-23/h4-5,10-11H,6-9H2,1-3H3,(H,19,20,21). The second-order valence-electron chi connectivity index (χ2n) is 6.04. The summed E-state index contributed by atoms with van der Waals surface area (Å²) in [5.74, 6) is 2.62. The lowest BCUT2D eigenvalue weighted by Gasteiger charge is -2.33. The molecule has 0 radical (unpaired) electrons. The maximum atomic E-state index is 4.60. The van der Waals surface area contributed by atoms with Crippen molar-refractivity contribution in [3.05, 3.63) is 40.1 Å². The zero-order chi connectivity index (χ0) is 16.4. The van der Waals surface area contributed by atoms with E-state index in [4.69, 9.17) is 0 Å². The summed E-state index contributed by atoms with van der Waals surface area (Å²) in [6.45, 7) is 8.16. The normalized spacial score (nSPS) is 15.7. The Morgan fingerprint density at radius 1 is 1.04 bits per heavy atom. The fourth-order valence-electron chi connectivity index (χ4n) is 2.63. The van der Waals surface area contributed by atoms with Crippen LogP contribution < -0.4 is 10.2 Å². The van der Waals surface area contributed by atoms with Crippen LogP contribution in [0.4, 0.5) is 17.3 Å². The summed E-state index contributed by atoms with van der Waals surface area (Å²) >= 11 is 3.57. The van der Waals surface area contributed by atoms with Crippen molar-refractivity contribution in [1.82, 2.24) is 14.9 Å². The van der Waals surface area contributed by atoms with Gasteiger partial charge in [0.2, 0.25) is 0 Å². The van der Waals surface area contributed by atoms with Crippen LogP contribution in [0.1, 0.15) is 11.4 Å². The van der Waals surface area contributed by atoms with Crippen molar-refractivity contribution in [2.24, 2.45) is 0 Å². The Labute approximate surface area is 145 Å². The van der Waals surface area contributed by atoms with Gasteiger partial charge in [0.15, 0.2) is 0 Å². The molecule has 1 aromatic carbocycles. The molecule has 2 aromatic rings. The second-order valence-corrected chi connectivity index (χ2v) is 6.89. The number of aryl methyl sites for hydroxylation is 2. The van der Waals surface area contributed by atoms with Crippen LogP contribution in [0, 0.1) is 13.8 Å². The van der Waals surface area contributed by atoms with E-state index < -0.39 is 0 Å². The largest absolute Gasteiger partial charge is 0.354 e. The average Bonchev–Trinajstić information content (AvgIpc) is 2.51. The lowest BCUT2D eigenvalue weighted by atomic mass is 10.2. The molecule has 1 aliphatic heterocycles. The van der Waals surface area contributed by atoms with E-state index in [0.29, 0.717) is 0 Å². The Balaban J connectivity index is 1.81. The minimum absolute atomic E-state index is 0.787. The molecule has 2 heterocycles. The zero-order valence-corrected chi connectivity index (χ0v) is 15.4. The first kappa shape index (κ1) is 16.2. The Kier molecular flexibility index (Phi) is 4.82. The van der Waals surface area contributed by atoms with Crippen molar-refractivity contribution in [2.75, 3.05) is 43.4 Å². The van der Waals surface area contributed by atoms with Gasteiger partial charge in [-0.25, -0.2) is 9.97 Å². The van der Waals surface area contributed by atoms with Gasteiger partial charge in [0.1, 0.15) is 17.5 Å². The maximum absolute atomic E-state index is 4.60. The molecule has 0 spiro atoms. The molecule has 122 valence electrons. The van der Waals surface area contributed by atoms with E-state index in [1.54, 1.807) is 0 Å². The molecule has 1 saturated heterocycles. The molecular formula is C17H22BrN5. The van der Waals surface area contributed by atoms with Crippen molar-refractivity contribution in [3.63, 3.8) is 0 Å². The average molecular weight is 376 g/mol. The van der Waals surface area contributed by atoms with Gasteiger partial charge < -0.3 is 15.1 Å². The van der Waals surface area contributed by atoms with Crippen molar-refractivity contribution in [3.8, 4) is 0 Å². The van der Waals surface area contributed by atoms with Crippen LogP contribution in [0.2, 0.25) is 0 Å². The van der Waals surface area contributed by atoms with Crippen LogP contribution in [-0.2, 0) is 0 Å². The number of anilines is 3. The number of hydrogen-bond donors (Lipinski definition) is 1. The van der Waals surface area contributed by atoms with Crippen molar-refractivity contribution in [2.45, 2.75) is 13.8 Å². The van der Waals surface area contributed by atoms with E-state index in [2.05, 4.69) is 73.2 Å². The second kappa shape index (κ2) is 6.84.